The lowest BCUT2D eigenvalue weighted by Gasteiger charge is -2.37. The number of hydrogen-bond donors (Lipinski definition) is 0. The molecule has 2 heterocycles. The highest BCUT2D eigenvalue weighted by Crippen LogP contribution is 2.22. The fourth-order valence-corrected chi connectivity index (χ4v) is 3.75. The Hall–Kier alpha value is -1.59. The second-order valence-corrected chi connectivity index (χ2v) is 7.08. The van der Waals surface area contributed by atoms with Gasteiger partial charge in [-0.1, -0.05) is 23.7 Å². The van der Waals surface area contributed by atoms with Crippen molar-refractivity contribution in [1.82, 2.24) is 14.7 Å². The fraction of sp³-hybridized carbons (Fsp3) is 0.556. The third-order valence-electron chi connectivity index (χ3n) is 5.01. The molecule has 0 radical (unpaired) electrons. The van der Waals surface area contributed by atoms with Gasteiger partial charge in [-0.3, -0.25) is 14.5 Å². The Kier molecular flexibility index (Phi) is 5.74. The summed E-state index contributed by atoms with van der Waals surface area (Å²) in [5, 5.41) is 0.770. The molecule has 3 rings (SSSR count). The summed E-state index contributed by atoms with van der Waals surface area (Å²) < 4.78 is 0. The molecule has 0 saturated carbocycles. The van der Waals surface area contributed by atoms with Crippen LogP contribution >= 0.6 is 11.6 Å². The molecule has 2 aliphatic heterocycles. The zero-order valence-corrected chi connectivity index (χ0v) is 14.6. The fourth-order valence-electron chi connectivity index (χ4n) is 3.54. The van der Waals surface area contributed by atoms with Crippen molar-refractivity contribution < 1.29 is 9.59 Å². The second-order valence-electron chi connectivity index (χ2n) is 6.65. The smallest absolute Gasteiger partial charge is 0.225 e. The summed E-state index contributed by atoms with van der Waals surface area (Å²) in [7, 11) is 0. The van der Waals surface area contributed by atoms with Crippen LogP contribution in [0.4, 0.5) is 0 Å². The quantitative estimate of drug-likeness (QED) is 0.779. The largest absolute Gasteiger partial charge is 0.342 e. The molecule has 0 atom stereocenters. The van der Waals surface area contributed by atoms with Crippen molar-refractivity contribution in [2.24, 2.45) is 5.92 Å². The molecule has 2 fully saturated rings. The monoisotopic (exact) mass is 349 g/mol. The van der Waals surface area contributed by atoms with Gasteiger partial charge in [0.05, 0.1) is 0 Å². The highest BCUT2D eigenvalue weighted by Gasteiger charge is 2.30. The lowest BCUT2D eigenvalue weighted by Crippen LogP contribution is -2.51. The normalized spacial score (nSPS) is 20.2. The summed E-state index contributed by atoms with van der Waals surface area (Å²) in [4.78, 5) is 29.4. The molecule has 0 spiro atoms. The first kappa shape index (κ1) is 17.2. The summed E-state index contributed by atoms with van der Waals surface area (Å²) in [5.74, 6) is 0.395. The van der Waals surface area contributed by atoms with E-state index >= 15 is 0 Å². The molecule has 0 N–H and O–H groups in total. The van der Waals surface area contributed by atoms with Gasteiger partial charge in [-0.25, -0.2) is 0 Å². The molecular formula is C18H24ClN3O2. The minimum absolute atomic E-state index is 0.128. The number of benzene rings is 1. The average Bonchev–Trinajstić information content (AvgIpc) is 2.62. The van der Waals surface area contributed by atoms with Crippen LogP contribution in [-0.2, 0) is 16.1 Å². The van der Waals surface area contributed by atoms with Crippen LogP contribution in [0.5, 0.6) is 0 Å². The van der Waals surface area contributed by atoms with E-state index in [0.29, 0.717) is 26.2 Å². The van der Waals surface area contributed by atoms with Crippen molar-refractivity contribution in [2.75, 3.05) is 39.3 Å². The number of rotatable bonds is 4. The predicted molar refractivity (Wildman–Crippen MR) is 93.7 cm³/mol. The molecule has 2 amide bonds. The lowest BCUT2D eigenvalue weighted by atomic mass is 9.94. The number of likely N-dealkylation sites (tertiary alicyclic amines) is 1. The highest BCUT2D eigenvalue weighted by molar-refractivity contribution is 6.30. The molecule has 5 nitrogen and oxygen atoms in total. The van der Waals surface area contributed by atoms with Gasteiger partial charge in [0.25, 0.3) is 0 Å². The summed E-state index contributed by atoms with van der Waals surface area (Å²) in [6.45, 7) is 5.42. The van der Waals surface area contributed by atoms with E-state index < -0.39 is 0 Å². The zero-order valence-electron chi connectivity index (χ0n) is 13.9. The van der Waals surface area contributed by atoms with E-state index in [9.17, 15) is 9.59 Å². The van der Waals surface area contributed by atoms with Crippen molar-refractivity contribution in [3.63, 3.8) is 0 Å². The molecule has 1 aromatic rings. The van der Waals surface area contributed by atoms with E-state index in [-0.39, 0.29) is 11.8 Å². The number of carbonyl (C=O) groups excluding carboxylic acids is 2. The molecule has 0 bridgehead atoms. The molecule has 130 valence electrons. The van der Waals surface area contributed by atoms with Gasteiger partial charge in [-0.15, -0.1) is 0 Å². The first-order valence-corrected chi connectivity index (χ1v) is 8.98. The lowest BCUT2D eigenvalue weighted by molar-refractivity contribution is -0.140. The Morgan fingerprint density at radius 1 is 1.12 bits per heavy atom. The molecule has 0 aromatic heterocycles. The third-order valence-corrected chi connectivity index (χ3v) is 5.24. The van der Waals surface area contributed by atoms with Gasteiger partial charge in [0.15, 0.2) is 0 Å². The molecule has 2 saturated heterocycles. The minimum Gasteiger partial charge on any atom is -0.342 e. The van der Waals surface area contributed by atoms with Crippen LogP contribution in [0.3, 0.4) is 0 Å². The van der Waals surface area contributed by atoms with Crippen LogP contribution in [0, 0.1) is 5.92 Å². The Morgan fingerprint density at radius 2 is 1.83 bits per heavy atom. The van der Waals surface area contributed by atoms with E-state index in [1.165, 1.54) is 5.56 Å². The number of hydrogen-bond acceptors (Lipinski definition) is 3. The van der Waals surface area contributed by atoms with Crippen molar-refractivity contribution in [2.45, 2.75) is 19.4 Å². The van der Waals surface area contributed by atoms with Gasteiger partial charge in [0.2, 0.25) is 12.3 Å². The molecule has 1 aromatic carbocycles. The van der Waals surface area contributed by atoms with Gasteiger partial charge in [0, 0.05) is 43.7 Å². The van der Waals surface area contributed by atoms with Crippen LogP contribution in [0.25, 0.3) is 0 Å². The molecule has 6 heteroatoms. The summed E-state index contributed by atoms with van der Waals surface area (Å²) in [6, 6.07) is 7.97. The van der Waals surface area contributed by atoms with Gasteiger partial charge in [-0.2, -0.15) is 0 Å². The average molecular weight is 350 g/mol. The number of amides is 2. The zero-order chi connectivity index (χ0) is 16.9. The van der Waals surface area contributed by atoms with E-state index in [1.54, 1.807) is 4.90 Å². The van der Waals surface area contributed by atoms with Crippen molar-refractivity contribution >= 4 is 23.9 Å². The number of piperidine rings is 1. The van der Waals surface area contributed by atoms with Crippen LogP contribution < -0.4 is 0 Å². The SMILES string of the molecule is O=CN1CCN(C(=O)C2CCN(Cc3cccc(Cl)c3)CC2)CC1. The van der Waals surface area contributed by atoms with Crippen molar-refractivity contribution in [3.05, 3.63) is 34.9 Å². The number of carbonyl (C=O) groups is 2. The maximum Gasteiger partial charge on any atom is 0.225 e. The predicted octanol–water partition coefficient (Wildman–Crippen LogP) is 1.85. The van der Waals surface area contributed by atoms with Crippen LogP contribution in [0.15, 0.2) is 24.3 Å². The number of piperazine rings is 1. The number of nitrogens with zero attached hydrogens (tertiary/aromatic N) is 3. The van der Waals surface area contributed by atoms with Gasteiger partial charge in [0.1, 0.15) is 0 Å². The third kappa shape index (κ3) is 4.28. The molecule has 0 unspecified atom stereocenters. The second kappa shape index (κ2) is 7.99. The van der Waals surface area contributed by atoms with Crippen LogP contribution in [0.2, 0.25) is 5.02 Å². The van der Waals surface area contributed by atoms with E-state index in [2.05, 4.69) is 11.0 Å². The first-order valence-electron chi connectivity index (χ1n) is 8.60. The standard InChI is InChI=1S/C18H24ClN3O2/c19-17-3-1-2-15(12-17)13-20-6-4-16(5-7-20)18(24)22-10-8-21(14-23)9-11-22/h1-3,12,14,16H,4-11,13H2. The maximum absolute atomic E-state index is 12.6. The van der Waals surface area contributed by atoms with E-state index in [0.717, 1.165) is 43.9 Å². The summed E-state index contributed by atoms with van der Waals surface area (Å²) in [6.07, 6.45) is 2.69. The van der Waals surface area contributed by atoms with E-state index in [1.807, 2.05) is 23.1 Å². The summed E-state index contributed by atoms with van der Waals surface area (Å²) >= 11 is 6.04. The Bertz CT molecular complexity index is 579. The van der Waals surface area contributed by atoms with Gasteiger partial charge in [-0.05, 0) is 43.6 Å². The van der Waals surface area contributed by atoms with Crippen LogP contribution in [0.1, 0.15) is 18.4 Å². The van der Waals surface area contributed by atoms with Crippen LogP contribution in [-0.4, -0.2) is 66.3 Å². The number of halogens is 1. The first-order chi connectivity index (χ1) is 11.7. The Labute approximate surface area is 148 Å². The molecular weight excluding hydrogens is 326 g/mol. The van der Waals surface area contributed by atoms with Gasteiger partial charge < -0.3 is 9.80 Å². The highest BCUT2D eigenvalue weighted by atomic mass is 35.5. The topological polar surface area (TPSA) is 43.9 Å². The Balaban J connectivity index is 1.46. The molecule has 2 aliphatic rings. The van der Waals surface area contributed by atoms with Crippen molar-refractivity contribution in [1.29, 1.82) is 0 Å². The molecule has 24 heavy (non-hydrogen) atoms. The maximum atomic E-state index is 12.6. The summed E-state index contributed by atoms with van der Waals surface area (Å²) in [5.41, 5.74) is 1.22. The van der Waals surface area contributed by atoms with Crippen molar-refractivity contribution in [3.8, 4) is 0 Å². The minimum atomic E-state index is 0.128. The van der Waals surface area contributed by atoms with E-state index in [4.69, 9.17) is 11.6 Å². The Morgan fingerprint density at radius 3 is 2.46 bits per heavy atom. The molecule has 0 aliphatic carbocycles. The van der Waals surface area contributed by atoms with Gasteiger partial charge >= 0.3 is 0 Å².